The first-order valence-electron chi connectivity index (χ1n) is 8.82. The van der Waals surface area contributed by atoms with Gasteiger partial charge in [-0.2, -0.15) is 5.26 Å². The van der Waals surface area contributed by atoms with E-state index in [4.69, 9.17) is 32.7 Å². The van der Waals surface area contributed by atoms with E-state index >= 15 is 0 Å². The number of rotatable bonds is 4. The second kappa shape index (κ2) is 7.79. The highest BCUT2D eigenvalue weighted by molar-refractivity contribution is 6.37. The number of nitriles is 1. The molecule has 0 aliphatic rings. The van der Waals surface area contributed by atoms with E-state index in [2.05, 4.69) is 16.4 Å². The molecular formula is C22H15Cl2N3O3. The van der Waals surface area contributed by atoms with E-state index in [1.54, 1.807) is 24.4 Å². The van der Waals surface area contributed by atoms with E-state index in [0.717, 1.165) is 21.7 Å². The van der Waals surface area contributed by atoms with E-state index in [0.29, 0.717) is 32.7 Å². The van der Waals surface area contributed by atoms with Crippen LogP contribution >= 0.6 is 23.2 Å². The number of methoxy groups -OCH3 is 2. The summed E-state index contributed by atoms with van der Waals surface area (Å²) in [6, 6.07) is 12.4. The molecule has 150 valence electrons. The Kier molecular flexibility index (Phi) is 5.17. The molecule has 0 saturated heterocycles. The average Bonchev–Trinajstić information content (AvgIpc) is 2.74. The first-order chi connectivity index (χ1) is 14.4. The van der Waals surface area contributed by atoms with Crippen molar-refractivity contribution in [2.24, 2.45) is 0 Å². The van der Waals surface area contributed by atoms with Gasteiger partial charge in [-0.1, -0.05) is 23.2 Å². The molecule has 0 aliphatic heterocycles. The van der Waals surface area contributed by atoms with E-state index in [9.17, 15) is 10.1 Å². The second-order valence-electron chi connectivity index (χ2n) is 6.53. The highest BCUT2D eigenvalue weighted by Crippen LogP contribution is 2.38. The largest absolute Gasteiger partial charge is 0.495 e. The van der Waals surface area contributed by atoms with Gasteiger partial charge in [0.15, 0.2) is 5.75 Å². The van der Waals surface area contributed by atoms with Crippen LogP contribution < -0.4 is 20.2 Å². The maximum atomic E-state index is 12.1. The molecule has 0 saturated carbocycles. The number of aromatic nitrogens is 1. The minimum absolute atomic E-state index is 0.198. The van der Waals surface area contributed by atoms with E-state index in [-0.39, 0.29) is 11.2 Å². The summed E-state index contributed by atoms with van der Waals surface area (Å²) in [5.74, 6) is 0.703. The van der Waals surface area contributed by atoms with Gasteiger partial charge in [0.25, 0.3) is 0 Å². The maximum Gasteiger partial charge on any atom is 0.220 e. The zero-order valence-corrected chi connectivity index (χ0v) is 17.5. The van der Waals surface area contributed by atoms with Crippen molar-refractivity contribution < 1.29 is 9.47 Å². The van der Waals surface area contributed by atoms with Gasteiger partial charge in [-0.3, -0.25) is 4.79 Å². The van der Waals surface area contributed by atoms with E-state index < -0.39 is 0 Å². The molecule has 4 rings (SSSR count). The first kappa shape index (κ1) is 19.9. The molecule has 0 atom stereocenters. The summed E-state index contributed by atoms with van der Waals surface area (Å²) >= 11 is 12.5. The van der Waals surface area contributed by atoms with Crippen LogP contribution in [0.2, 0.25) is 10.0 Å². The summed E-state index contributed by atoms with van der Waals surface area (Å²) in [5, 5.41) is 15.9. The molecule has 0 amide bonds. The molecule has 2 N–H and O–H groups in total. The van der Waals surface area contributed by atoms with Gasteiger partial charge < -0.3 is 19.8 Å². The fourth-order valence-corrected chi connectivity index (χ4v) is 3.81. The fourth-order valence-electron chi connectivity index (χ4n) is 3.30. The lowest BCUT2D eigenvalue weighted by atomic mass is 10.0. The molecule has 1 heterocycles. The highest BCUT2D eigenvalue weighted by atomic mass is 35.5. The molecule has 4 aromatic rings. The van der Waals surface area contributed by atoms with Gasteiger partial charge in [-0.15, -0.1) is 0 Å². The lowest BCUT2D eigenvalue weighted by molar-refractivity contribution is 0.411. The standard InChI is InChI=1S/C22H15Cl2N3O3/c1-29-20-8-18(15(23)7-16(20)24)27-22-13(9-25)10-26-17-4-12-5-19(28)21(30-2)6-11(12)3-14(17)22/h3-8,10,26-27H,1-2H3. The number of nitrogens with zero attached hydrogens (tertiary/aromatic N) is 1. The smallest absolute Gasteiger partial charge is 0.220 e. The summed E-state index contributed by atoms with van der Waals surface area (Å²) < 4.78 is 10.4. The van der Waals surface area contributed by atoms with Crippen molar-refractivity contribution in [2.75, 3.05) is 19.5 Å². The van der Waals surface area contributed by atoms with Gasteiger partial charge >= 0.3 is 0 Å². The molecule has 0 bridgehead atoms. The zero-order chi connectivity index (χ0) is 21.4. The van der Waals surface area contributed by atoms with Crippen LogP contribution in [0, 0.1) is 11.3 Å². The second-order valence-corrected chi connectivity index (χ2v) is 7.34. The quantitative estimate of drug-likeness (QED) is 0.402. The molecule has 0 fully saturated rings. The summed E-state index contributed by atoms with van der Waals surface area (Å²) in [6.45, 7) is 0. The van der Waals surface area contributed by atoms with Gasteiger partial charge in [0.1, 0.15) is 11.8 Å². The van der Waals surface area contributed by atoms with Gasteiger partial charge in [-0.05, 0) is 41.1 Å². The molecular weight excluding hydrogens is 425 g/mol. The van der Waals surface area contributed by atoms with Crippen molar-refractivity contribution in [2.45, 2.75) is 0 Å². The van der Waals surface area contributed by atoms with Crippen LogP contribution in [0.5, 0.6) is 11.5 Å². The number of anilines is 2. The minimum atomic E-state index is -0.198. The monoisotopic (exact) mass is 439 g/mol. The molecule has 3 aromatic carbocycles. The van der Waals surface area contributed by atoms with Crippen molar-refractivity contribution in [3.63, 3.8) is 0 Å². The average molecular weight is 440 g/mol. The number of hydrogen-bond acceptors (Lipinski definition) is 5. The Morgan fingerprint density at radius 2 is 1.70 bits per heavy atom. The fraction of sp³-hybridized carbons (Fsp3) is 0.0909. The summed E-state index contributed by atoms with van der Waals surface area (Å²) in [6.07, 6.45) is 1.60. The molecule has 6 nitrogen and oxygen atoms in total. The first-order valence-corrected chi connectivity index (χ1v) is 9.58. The molecule has 0 radical (unpaired) electrons. The third-order valence-electron chi connectivity index (χ3n) is 4.79. The summed E-state index contributed by atoms with van der Waals surface area (Å²) in [4.78, 5) is 15.2. The Balaban J connectivity index is 1.97. The van der Waals surface area contributed by atoms with Crippen LogP contribution in [0.3, 0.4) is 0 Å². The molecule has 0 spiro atoms. The lowest BCUT2D eigenvalue weighted by Gasteiger charge is -2.15. The van der Waals surface area contributed by atoms with Crippen LogP contribution in [-0.2, 0) is 0 Å². The van der Waals surface area contributed by atoms with Gasteiger partial charge in [0, 0.05) is 23.2 Å². The van der Waals surface area contributed by atoms with E-state index in [1.807, 2.05) is 12.1 Å². The third kappa shape index (κ3) is 3.39. The van der Waals surface area contributed by atoms with Gasteiger partial charge in [0.05, 0.1) is 41.2 Å². The van der Waals surface area contributed by atoms with Crippen LogP contribution in [0.4, 0.5) is 11.4 Å². The summed E-state index contributed by atoms with van der Waals surface area (Å²) in [5.41, 5.74) is 2.03. The van der Waals surface area contributed by atoms with Crippen molar-refractivity contribution in [3.05, 3.63) is 68.4 Å². The van der Waals surface area contributed by atoms with Gasteiger partial charge in [0.2, 0.25) is 5.43 Å². The molecule has 30 heavy (non-hydrogen) atoms. The number of benzene rings is 3. The van der Waals surface area contributed by atoms with Gasteiger partial charge in [-0.25, -0.2) is 0 Å². The van der Waals surface area contributed by atoms with Crippen molar-refractivity contribution >= 4 is 56.3 Å². The Bertz CT molecular complexity index is 1410. The number of hydrogen-bond donors (Lipinski definition) is 2. The van der Waals surface area contributed by atoms with Crippen molar-refractivity contribution in [1.29, 1.82) is 5.26 Å². The predicted octanol–water partition coefficient (Wildman–Crippen LogP) is 5.62. The highest BCUT2D eigenvalue weighted by Gasteiger charge is 2.14. The van der Waals surface area contributed by atoms with Crippen molar-refractivity contribution in [3.8, 4) is 17.6 Å². The number of nitrogens with one attached hydrogen (secondary N) is 2. The lowest BCUT2D eigenvalue weighted by Crippen LogP contribution is -2.03. The molecule has 0 aliphatic carbocycles. The maximum absolute atomic E-state index is 12.1. The zero-order valence-electron chi connectivity index (χ0n) is 16.0. The van der Waals surface area contributed by atoms with Crippen LogP contribution in [0.15, 0.2) is 47.4 Å². The molecule has 8 heteroatoms. The Morgan fingerprint density at radius 3 is 2.40 bits per heavy atom. The topological polar surface area (TPSA) is 87.1 Å². The number of ether oxygens (including phenoxy) is 2. The van der Waals surface area contributed by atoms with Crippen LogP contribution in [-0.4, -0.2) is 19.2 Å². The molecule has 0 unspecified atom stereocenters. The number of fused-ring (bicyclic) bond motifs is 2. The minimum Gasteiger partial charge on any atom is -0.495 e. The number of H-pyrrole nitrogens is 1. The van der Waals surface area contributed by atoms with E-state index in [1.165, 1.54) is 20.3 Å². The number of halogens is 2. The third-order valence-corrected chi connectivity index (χ3v) is 5.40. The molecule has 1 aromatic heterocycles. The predicted molar refractivity (Wildman–Crippen MR) is 120 cm³/mol. The summed E-state index contributed by atoms with van der Waals surface area (Å²) in [7, 11) is 2.96. The Labute approximate surface area is 181 Å². The Hall–Kier alpha value is -3.40. The number of aromatic amines is 1. The van der Waals surface area contributed by atoms with Crippen LogP contribution in [0.1, 0.15) is 5.56 Å². The SMILES string of the molecule is COc1cc(Nc2c(C#N)c[nH]c3cc4cc(=O)c(OC)cc4cc23)c(Cl)cc1Cl. The normalized spacial score (nSPS) is 10.8. The van der Waals surface area contributed by atoms with Crippen LogP contribution in [0.25, 0.3) is 21.7 Å². The Morgan fingerprint density at radius 1 is 0.967 bits per heavy atom. The number of pyridine rings is 1. The van der Waals surface area contributed by atoms with Crippen molar-refractivity contribution in [1.82, 2.24) is 4.98 Å².